The minimum atomic E-state index is -5.03. The molecule has 0 N–H and O–H groups in total. The quantitative estimate of drug-likeness (QED) is 0.148. The van der Waals surface area contributed by atoms with E-state index in [4.69, 9.17) is 23.1 Å². The van der Waals surface area contributed by atoms with Gasteiger partial charge < -0.3 is 9.13 Å². The molecule has 0 saturated heterocycles. The van der Waals surface area contributed by atoms with Gasteiger partial charge in [-0.05, 0) is 131 Å². The number of alkyl halides is 3. The van der Waals surface area contributed by atoms with Gasteiger partial charge in [0.2, 0.25) is 0 Å². The zero-order valence-electron chi connectivity index (χ0n) is 40.5. The maximum absolute atomic E-state index is 17.3. The summed E-state index contributed by atoms with van der Waals surface area (Å²) in [5, 5.41) is 22.5. The van der Waals surface area contributed by atoms with E-state index in [0.29, 0.717) is 122 Å². The predicted octanol–water partition coefficient (Wildman–Crippen LogP) is 16.9. The van der Waals surface area contributed by atoms with Gasteiger partial charge in [0.15, 0.2) is 17.2 Å². The molecule has 0 unspecified atom stereocenters. The van der Waals surface area contributed by atoms with Crippen molar-refractivity contribution in [3.8, 4) is 79.4 Å². The predicted molar refractivity (Wildman–Crippen MR) is 292 cm³/mol. The molecular weight excluding hydrogens is 952 g/mol. The molecule has 0 aliphatic carbocycles. The molecule has 0 atom stereocenters. The van der Waals surface area contributed by atoms with Crippen molar-refractivity contribution in [3.05, 3.63) is 233 Å². The lowest BCUT2D eigenvalue weighted by Gasteiger charge is -2.23. The molecule has 3 aromatic heterocycles. The van der Waals surface area contributed by atoms with Crippen LogP contribution in [0.2, 0.25) is 0 Å². The van der Waals surface area contributed by atoms with Gasteiger partial charge in [-0.25, -0.2) is 24.6 Å². The number of fused-ring (bicyclic) bond motifs is 6. The van der Waals surface area contributed by atoms with Crippen molar-refractivity contribution in [3.63, 3.8) is 0 Å². The molecule has 12 heteroatoms. The Hall–Kier alpha value is -10.7. The Balaban J connectivity index is 1.26. The summed E-state index contributed by atoms with van der Waals surface area (Å²) >= 11 is 0. The summed E-state index contributed by atoms with van der Waals surface area (Å²) in [7, 11) is 0. The van der Waals surface area contributed by atoms with E-state index in [1.54, 1.807) is 95.8 Å². The van der Waals surface area contributed by atoms with Gasteiger partial charge in [-0.3, -0.25) is 0 Å². The van der Waals surface area contributed by atoms with Gasteiger partial charge in [0, 0.05) is 27.1 Å². The van der Waals surface area contributed by atoms with E-state index in [1.807, 2.05) is 97.1 Å². The second kappa shape index (κ2) is 18.1. The van der Waals surface area contributed by atoms with Crippen LogP contribution in [0, 0.1) is 49.7 Å². The first kappa shape index (κ1) is 46.4. The van der Waals surface area contributed by atoms with Crippen LogP contribution in [0.4, 0.5) is 24.5 Å². The summed E-state index contributed by atoms with van der Waals surface area (Å²) in [5.74, 6) is 0.926. The molecule has 0 fully saturated rings. The van der Waals surface area contributed by atoms with E-state index in [9.17, 15) is 10.5 Å². The van der Waals surface area contributed by atoms with Crippen molar-refractivity contribution in [2.75, 3.05) is 0 Å². The highest BCUT2D eigenvalue weighted by Gasteiger charge is 2.40. The Morgan fingerprint density at radius 1 is 0.421 bits per heavy atom. The molecule has 0 aliphatic heterocycles. The Morgan fingerprint density at radius 3 is 1.11 bits per heavy atom. The summed E-state index contributed by atoms with van der Waals surface area (Å²) in [6, 6.07) is 58.5. The topological polar surface area (TPSA) is 105 Å². The second-order valence-electron chi connectivity index (χ2n) is 18.4. The Labute approximate surface area is 433 Å². The first-order valence-electron chi connectivity index (χ1n) is 24.0. The highest BCUT2D eigenvalue weighted by molar-refractivity contribution is 6.13. The number of nitriles is 2. The van der Waals surface area contributed by atoms with E-state index in [2.05, 4.69) is 26.8 Å². The van der Waals surface area contributed by atoms with Gasteiger partial charge in [0.1, 0.15) is 17.2 Å². The molecule has 9 aromatic carbocycles. The molecule has 0 saturated carbocycles. The molecule has 0 aliphatic rings. The third kappa shape index (κ3) is 8.01. The standard InChI is InChI=1S/C64H36F3N9/c1-37-72-38(2)74-63(73-37)49-33-60(75-56-29-45(41-11-5-9-39(25-41)35-68)17-21-52(56)53-22-18-46(30-57(53)75)42-12-6-10-40(26-42)36-69)62(64(65,66)67)61(34-49)76-58-31-47(43-13-7-15-50(27-43)70-3)19-23-54(58)55-24-20-48(32-59(55)76)44-14-8-16-51(28-44)71-4/h5-34H,1-2H3. The minimum absolute atomic E-state index is 0.166. The number of aryl methyl sites for hydroxylation is 2. The molecule has 0 amide bonds. The third-order valence-electron chi connectivity index (χ3n) is 13.8. The molecule has 358 valence electrons. The fraction of sp³-hybridized carbons (Fsp3) is 0.0469. The van der Waals surface area contributed by atoms with E-state index in [0.717, 1.165) is 0 Å². The van der Waals surface area contributed by atoms with Crippen LogP contribution in [0.1, 0.15) is 28.3 Å². The summed E-state index contributed by atoms with van der Waals surface area (Å²) in [5.41, 5.74) is 8.00. The second-order valence-corrected chi connectivity index (χ2v) is 18.4. The number of hydrogen-bond donors (Lipinski definition) is 0. The van der Waals surface area contributed by atoms with Crippen LogP contribution in [0.3, 0.4) is 0 Å². The van der Waals surface area contributed by atoms with Gasteiger partial charge in [0.05, 0.1) is 69.9 Å². The first-order chi connectivity index (χ1) is 36.9. The number of rotatable bonds is 7. The van der Waals surface area contributed by atoms with Gasteiger partial charge in [-0.1, -0.05) is 109 Å². The number of nitrogens with zero attached hydrogens (tertiary/aromatic N) is 9. The molecule has 9 nitrogen and oxygen atoms in total. The number of benzene rings is 9. The van der Waals surface area contributed by atoms with Crippen LogP contribution in [-0.4, -0.2) is 24.1 Å². The van der Waals surface area contributed by atoms with Gasteiger partial charge >= 0.3 is 6.18 Å². The molecule has 0 spiro atoms. The maximum Gasteiger partial charge on any atom is 0.420 e. The third-order valence-corrected chi connectivity index (χ3v) is 13.8. The molecule has 0 radical (unpaired) electrons. The van der Waals surface area contributed by atoms with E-state index in [-0.39, 0.29) is 22.8 Å². The summed E-state index contributed by atoms with van der Waals surface area (Å²) < 4.78 is 55.2. The summed E-state index contributed by atoms with van der Waals surface area (Å²) in [6.07, 6.45) is -5.03. The first-order valence-corrected chi connectivity index (χ1v) is 24.0. The minimum Gasteiger partial charge on any atom is -0.308 e. The van der Waals surface area contributed by atoms with Crippen LogP contribution in [0.5, 0.6) is 0 Å². The number of aromatic nitrogens is 5. The molecule has 3 heterocycles. The lowest BCUT2D eigenvalue weighted by molar-refractivity contribution is -0.137. The van der Waals surface area contributed by atoms with Crippen molar-refractivity contribution < 1.29 is 13.2 Å². The average molecular weight is 988 g/mol. The lowest BCUT2D eigenvalue weighted by Crippen LogP contribution is -2.16. The number of halogens is 3. The van der Waals surface area contributed by atoms with Crippen molar-refractivity contribution in [1.29, 1.82) is 10.5 Å². The maximum atomic E-state index is 17.3. The average Bonchev–Trinajstić information content (AvgIpc) is 4.07. The van der Waals surface area contributed by atoms with Crippen molar-refractivity contribution in [2.45, 2.75) is 20.0 Å². The van der Waals surface area contributed by atoms with Crippen molar-refractivity contribution in [2.24, 2.45) is 0 Å². The SMILES string of the molecule is [C-]#[N+]c1cccc(-c2ccc3c4ccc(-c5cccc([N+]#[C-])c5)cc4n(-c4cc(-c5nc(C)nc(C)n5)cc(-n5c6cc(-c7cccc(C#N)c7)ccc6c6ccc(-c7cccc(C#N)c7)cc65)c4C(F)(F)F)c3c2)c1. The molecule has 76 heavy (non-hydrogen) atoms. The smallest absolute Gasteiger partial charge is 0.308 e. The summed E-state index contributed by atoms with van der Waals surface area (Å²) in [4.78, 5) is 21.2. The molecule has 12 rings (SSSR count). The Kier molecular flexibility index (Phi) is 11.1. The van der Waals surface area contributed by atoms with Gasteiger partial charge in [-0.15, -0.1) is 0 Å². The van der Waals surface area contributed by atoms with Gasteiger partial charge in [-0.2, -0.15) is 23.7 Å². The normalized spacial score (nSPS) is 11.4. The van der Waals surface area contributed by atoms with E-state index >= 15 is 13.2 Å². The molecule has 0 bridgehead atoms. The van der Waals surface area contributed by atoms with Crippen LogP contribution in [0.15, 0.2) is 182 Å². The zero-order valence-corrected chi connectivity index (χ0v) is 40.5. The van der Waals surface area contributed by atoms with Crippen LogP contribution < -0.4 is 0 Å². The summed E-state index contributed by atoms with van der Waals surface area (Å²) in [6.45, 7) is 18.9. The highest BCUT2D eigenvalue weighted by atomic mass is 19.4. The monoisotopic (exact) mass is 987 g/mol. The van der Waals surface area contributed by atoms with Crippen molar-refractivity contribution in [1.82, 2.24) is 24.1 Å². The Morgan fingerprint density at radius 2 is 0.763 bits per heavy atom. The van der Waals surface area contributed by atoms with E-state index < -0.39 is 11.7 Å². The van der Waals surface area contributed by atoms with Crippen molar-refractivity contribution >= 4 is 55.0 Å². The van der Waals surface area contributed by atoms with Crippen LogP contribution in [-0.2, 0) is 6.18 Å². The number of hydrogen-bond acceptors (Lipinski definition) is 5. The Bertz CT molecular complexity index is 4100. The molecular formula is C64H36F3N9. The fourth-order valence-electron chi connectivity index (χ4n) is 10.4. The fourth-order valence-corrected chi connectivity index (χ4v) is 10.4. The highest BCUT2D eigenvalue weighted by Crippen LogP contribution is 2.48. The zero-order chi connectivity index (χ0) is 52.4. The van der Waals surface area contributed by atoms with Gasteiger partial charge in [0.25, 0.3) is 0 Å². The van der Waals surface area contributed by atoms with E-state index in [1.165, 1.54) is 12.1 Å². The molecule has 12 aromatic rings. The van der Waals surface area contributed by atoms with Crippen LogP contribution in [0.25, 0.3) is 121 Å². The largest absolute Gasteiger partial charge is 0.420 e. The van der Waals surface area contributed by atoms with Crippen LogP contribution >= 0.6 is 0 Å². The lowest BCUT2D eigenvalue weighted by atomic mass is 10.0.